The van der Waals surface area contributed by atoms with Crippen LogP contribution in [0.15, 0.2) is 103 Å². The first-order valence-electron chi connectivity index (χ1n) is 11.7. The largest absolute Gasteiger partial charge is 0.417 e. The molecule has 0 fully saturated rings. The molecule has 0 saturated heterocycles. The van der Waals surface area contributed by atoms with Crippen molar-refractivity contribution in [3.8, 4) is 22.5 Å². The topological polar surface area (TPSA) is 7.76 Å². The highest BCUT2D eigenvalue weighted by atomic mass is 28.3. The lowest BCUT2D eigenvalue weighted by atomic mass is 9.90. The van der Waals surface area contributed by atoms with Gasteiger partial charge in [-0.2, -0.15) is 0 Å². The molecule has 0 bridgehead atoms. The lowest BCUT2D eigenvalue weighted by molar-refractivity contribution is -0.954. The second-order valence-corrected chi connectivity index (χ2v) is 15.4. The Morgan fingerprint density at radius 3 is 2.09 bits per heavy atom. The summed E-state index contributed by atoms with van der Waals surface area (Å²) in [6, 6.07) is 33.7. The zero-order valence-corrected chi connectivity index (χ0v) is 20.2. The second kappa shape index (κ2) is 6.27. The highest BCUT2D eigenvalue weighted by molar-refractivity contribution is 6.88. The third-order valence-electron chi connectivity index (χ3n) is 7.51. The first kappa shape index (κ1) is 19.0. The van der Waals surface area contributed by atoms with E-state index in [9.17, 15) is 0 Å². The first-order chi connectivity index (χ1) is 16.0. The van der Waals surface area contributed by atoms with Crippen LogP contribution in [-0.4, -0.2) is 8.07 Å². The SMILES string of the molecule is C[Si](C)(C)c1ccc2[n+](c1)C1(c3ccccc3-2)c2ccccc2-c2c3ccccc3cc[n+]21. The maximum Gasteiger partial charge on any atom is 0.417 e. The fourth-order valence-electron chi connectivity index (χ4n) is 5.98. The average Bonchev–Trinajstić information content (AvgIpc) is 3.30. The normalized spacial score (nSPS) is 17.7. The van der Waals surface area contributed by atoms with Crippen molar-refractivity contribution in [3.63, 3.8) is 0 Å². The fourth-order valence-corrected chi connectivity index (χ4v) is 7.08. The minimum atomic E-state index is -1.50. The molecule has 0 saturated carbocycles. The van der Waals surface area contributed by atoms with Gasteiger partial charge >= 0.3 is 5.66 Å². The van der Waals surface area contributed by atoms with E-state index >= 15 is 0 Å². The summed E-state index contributed by atoms with van der Waals surface area (Å²) in [6.45, 7) is 7.30. The summed E-state index contributed by atoms with van der Waals surface area (Å²) in [5, 5.41) is 4.06. The van der Waals surface area contributed by atoms with Gasteiger partial charge in [0.2, 0.25) is 11.4 Å². The maximum absolute atomic E-state index is 2.56. The van der Waals surface area contributed by atoms with E-state index in [0.29, 0.717) is 0 Å². The van der Waals surface area contributed by atoms with Crippen LogP contribution < -0.4 is 14.3 Å². The Kier molecular flexibility index (Phi) is 3.60. The van der Waals surface area contributed by atoms with Crippen LogP contribution >= 0.6 is 0 Å². The molecule has 0 N–H and O–H groups in total. The molecule has 0 radical (unpaired) electrons. The Morgan fingerprint density at radius 1 is 0.636 bits per heavy atom. The summed E-state index contributed by atoms with van der Waals surface area (Å²) >= 11 is 0. The number of nitrogens with zero attached hydrogens (tertiary/aromatic N) is 2. The third-order valence-corrected chi connectivity index (χ3v) is 9.54. The summed E-state index contributed by atoms with van der Waals surface area (Å²) in [7, 11) is -1.50. The molecule has 1 atom stereocenters. The maximum atomic E-state index is 2.56. The standard InChI is InChI=1S/C30H26N2Si/c1-33(2,3)22-16-17-28-24-12-6-8-14-26(24)30(32(28)20-22)27-15-9-7-13-25(27)29-23-11-5-4-10-21(23)18-19-31(29)30/h4-20H,1-3H3/q+2. The minimum absolute atomic E-state index is 0.419. The molecule has 2 aromatic heterocycles. The quantitative estimate of drug-likeness (QED) is 0.243. The molecule has 3 aromatic carbocycles. The molecule has 1 unspecified atom stereocenters. The molecule has 2 nitrogen and oxygen atoms in total. The van der Waals surface area contributed by atoms with Crippen LogP contribution in [0, 0.1) is 0 Å². The number of hydrogen-bond donors (Lipinski definition) is 0. The van der Waals surface area contributed by atoms with Gasteiger partial charge in [-0.05, 0) is 35.7 Å². The number of pyridine rings is 2. The molecular formula is C30H26N2Si+2. The highest BCUT2D eigenvalue weighted by Gasteiger charge is 2.66. The van der Waals surface area contributed by atoms with Crippen LogP contribution in [-0.2, 0) is 5.66 Å². The number of aromatic nitrogens is 2. The van der Waals surface area contributed by atoms with E-state index in [2.05, 4.69) is 132 Å². The van der Waals surface area contributed by atoms with Gasteiger partial charge in [-0.1, -0.05) is 68.2 Å². The van der Waals surface area contributed by atoms with E-state index in [-0.39, 0.29) is 0 Å². The van der Waals surface area contributed by atoms with Gasteiger partial charge in [-0.15, -0.1) is 9.13 Å². The van der Waals surface area contributed by atoms with E-state index in [1.165, 1.54) is 49.6 Å². The van der Waals surface area contributed by atoms with Gasteiger partial charge in [-0.25, -0.2) is 0 Å². The molecule has 4 heterocycles. The van der Waals surface area contributed by atoms with Crippen LogP contribution in [0.4, 0.5) is 0 Å². The Balaban J connectivity index is 1.71. The molecule has 0 amide bonds. The fraction of sp³-hybridized carbons (Fsp3) is 0.133. The second-order valence-electron chi connectivity index (χ2n) is 10.3. The lowest BCUT2D eigenvalue weighted by Gasteiger charge is -2.20. The van der Waals surface area contributed by atoms with Crippen molar-refractivity contribution in [1.29, 1.82) is 0 Å². The minimum Gasteiger partial charge on any atom is -0.126 e. The molecule has 7 rings (SSSR count). The van der Waals surface area contributed by atoms with Crippen LogP contribution in [0.1, 0.15) is 11.1 Å². The molecule has 158 valence electrons. The molecule has 5 aromatic rings. The van der Waals surface area contributed by atoms with Crippen LogP contribution in [0.5, 0.6) is 0 Å². The summed E-state index contributed by atoms with van der Waals surface area (Å²) < 4.78 is 5.10. The van der Waals surface area contributed by atoms with E-state index in [4.69, 9.17) is 0 Å². The molecule has 2 aliphatic rings. The van der Waals surface area contributed by atoms with Gasteiger partial charge in [0.25, 0.3) is 0 Å². The molecule has 3 heteroatoms. The molecule has 1 spiro atoms. The summed E-state index contributed by atoms with van der Waals surface area (Å²) in [4.78, 5) is 0. The van der Waals surface area contributed by atoms with Crippen molar-refractivity contribution in [3.05, 3.63) is 115 Å². The van der Waals surface area contributed by atoms with Gasteiger partial charge in [0.15, 0.2) is 12.4 Å². The van der Waals surface area contributed by atoms with E-state index in [1.54, 1.807) is 0 Å². The molecule has 0 aliphatic carbocycles. The highest BCUT2D eigenvalue weighted by Crippen LogP contribution is 2.47. The van der Waals surface area contributed by atoms with Gasteiger partial charge in [-0.3, -0.25) is 0 Å². The average molecular weight is 443 g/mol. The molecule has 2 aliphatic heterocycles. The van der Waals surface area contributed by atoms with E-state index in [0.717, 1.165) is 0 Å². The predicted octanol–water partition coefficient (Wildman–Crippen LogP) is 5.22. The summed E-state index contributed by atoms with van der Waals surface area (Å²) in [6.07, 6.45) is 4.76. The Hall–Kier alpha value is -3.56. The van der Waals surface area contributed by atoms with Crippen molar-refractivity contribution < 1.29 is 9.13 Å². The van der Waals surface area contributed by atoms with Crippen LogP contribution in [0.3, 0.4) is 0 Å². The van der Waals surface area contributed by atoms with Crippen LogP contribution in [0.25, 0.3) is 33.3 Å². The van der Waals surface area contributed by atoms with Gasteiger partial charge < -0.3 is 0 Å². The molecular weight excluding hydrogens is 416 g/mol. The molecule has 33 heavy (non-hydrogen) atoms. The zero-order valence-electron chi connectivity index (χ0n) is 19.2. The zero-order chi connectivity index (χ0) is 22.4. The predicted molar refractivity (Wildman–Crippen MR) is 136 cm³/mol. The van der Waals surface area contributed by atoms with Crippen molar-refractivity contribution in [2.45, 2.75) is 25.3 Å². The van der Waals surface area contributed by atoms with Gasteiger partial charge in [0.05, 0.1) is 24.6 Å². The summed E-state index contributed by atoms with van der Waals surface area (Å²) in [5.74, 6) is 0. The van der Waals surface area contributed by atoms with Gasteiger partial charge in [0.1, 0.15) is 11.1 Å². The smallest absolute Gasteiger partial charge is 0.126 e. The monoisotopic (exact) mass is 442 g/mol. The Bertz CT molecular complexity index is 1610. The number of rotatable bonds is 1. The van der Waals surface area contributed by atoms with E-state index in [1.807, 2.05) is 0 Å². The summed E-state index contributed by atoms with van der Waals surface area (Å²) in [5.41, 5.74) is 7.52. The Labute approximate surface area is 195 Å². The lowest BCUT2D eigenvalue weighted by Crippen LogP contribution is -2.72. The van der Waals surface area contributed by atoms with Gasteiger partial charge in [0, 0.05) is 17.3 Å². The number of fused-ring (bicyclic) bond motifs is 12. The van der Waals surface area contributed by atoms with Crippen molar-refractivity contribution in [2.75, 3.05) is 0 Å². The van der Waals surface area contributed by atoms with Crippen molar-refractivity contribution >= 4 is 24.0 Å². The van der Waals surface area contributed by atoms with Crippen LogP contribution in [0.2, 0.25) is 19.6 Å². The Morgan fingerprint density at radius 2 is 1.30 bits per heavy atom. The first-order valence-corrected chi connectivity index (χ1v) is 15.2. The van der Waals surface area contributed by atoms with Crippen molar-refractivity contribution in [1.82, 2.24) is 0 Å². The number of hydrogen-bond acceptors (Lipinski definition) is 0. The third kappa shape index (κ3) is 2.28. The van der Waals surface area contributed by atoms with Crippen molar-refractivity contribution in [2.24, 2.45) is 0 Å². The number of benzene rings is 3. The van der Waals surface area contributed by atoms with E-state index < -0.39 is 13.7 Å².